The second-order valence-electron chi connectivity index (χ2n) is 4.60. The van der Waals surface area contributed by atoms with E-state index in [1.54, 1.807) is 6.07 Å². The zero-order valence-electron chi connectivity index (χ0n) is 11.2. The predicted octanol–water partition coefficient (Wildman–Crippen LogP) is 3.96. The van der Waals surface area contributed by atoms with Crippen molar-refractivity contribution in [3.63, 3.8) is 0 Å². The van der Waals surface area contributed by atoms with Crippen LogP contribution in [0.4, 0.5) is 13.2 Å². The van der Waals surface area contributed by atoms with Crippen LogP contribution >= 0.6 is 0 Å². The van der Waals surface area contributed by atoms with E-state index in [-0.39, 0.29) is 6.04 Å². The fourth-order valence-electron chi connectivity index (χ4n) is 2.33. The molecule has 5 heteroatoms. The largest absolute Gasteiger partial charge is 0.416 e. The van der Waals surface area contributed by atoms with Crippen molar-refractivity contribution in [2.24, 2.45) is 0 Å². The van der Waals surface area contributed by atoms with E-state index in [0.717, 1.165) is 23.8 Å². The van der Waals surface area contributed by atoms with Gasteiger partial charge in [-0.2, -0.15) is 13.2 Å². The molecule has 0 bridgehead atoms. The number of rotatable bonds is 3. The molecule has 0 fully saturated rings. The molecule has 0 aliphatic carbocycles. The van der Waals surface area contributed by atoms with E-state index < -0.39 is 11.7 Å². The Morgan fingerprint density at radius 3 is 2.47 bits per heavy atom. The molecule has 1 heterocycles. The van der Waals surface area contributed by atoms with Gasteiger partial charge in [0.2, 0.25) is 0 Å². The van der Waals surface area contributed by atoms with Crippen molar-refractivity contribution < 1.29 is 13.2 Å². The first kappa shape index (κ1) is 13.9. The van der Waals surface area contributed by atoms with E-state index in [1.165, 1.54) is 6.07 Å². The van der Waals surface area contributed by atoms with Crippen molar-refractivity contribution in [3.05, 3.63) is 35.5 Å². The Balaban J connectivity index is 2.62. The lowest BCUT2D eigenvalue weighted by atomic mass is 10.1. The Kier molecular flexibility index (Phi) is 3.58. The molecule has 0 saturated heterocycles. The molecule has 19 heavy (non-hydrogen) atoms. The van der Waals surface area contributed by atoms with Gasteiger partial charge >= 0.3 is 6.18 Å². The number of aryl methyl sites for hydroxylation is 1. The van der Waals surface area contributed by atoms with Crippen molar-refractivity contribution >= 4 is 10.9 Å². The maximum atomic E-state index is 12.7. The van der Waals surface area contributed by atoms with Crippen LogP contribution in [0.3, 0.4) is 0 Å². The Labute approximate surface area is 110 Å². The summed E-state index contributed by atoms with van der Waals surface area (Å²) in [6, 6.07) is 5.83. The van der Waals surface area contributed by atoms with Crippen LogP contribution in [-0.4, -0.2) is 11.6 Å². The standard InChI is InChI=1S/C14H17F3N2/c1-4-19-12-6-5-11(14(15,16)17)7-10(12)8-13(19)9(2)18-3/h5-9,18H,4H2,1-3H3. The molecule has 1 aromatic carbocycles. The zero-order chi connectivity index (χ0) is 14.2. The molecule has 2 nitrogen and oxygen atoms in total. The molecule has 0 amide bonds. The molecule has 1 atom stereocenters. The summed E-state index contributed by atoms with van der Waals surface area (Å²) in [5.41, 5.74) is 1.24. The van der Waals surface area contributed by atoms with Gasteiger partial charge in [-0.1, -0.05) is 0 Å². The van der Waals surface area contributed by atoms with Crippen molar-refractivity contribution in [2.45, 2.75) is 32.6 Å². The van der Waals surface area contributed by atoms with Crippen molar-refractivity contribution in [3.8, 4) is 0 Å². The predicted molar refractivity (Wildman–Crippen MR) is 70.1 cm³/mol. The lowest BCUT2D eigenvalue weighted by Crippen LogP contribution is -2.16. The van der Waals surface area contributed by atoms with Gasteiger partial charge in [-0.25, -0.2) is 0 Å². The molecule has 2 rings (SSSR count). The highest BCUT2D eigenvalue weighted by Crippen LogP contribution is 2.33. The highest BCUT2D eigenvalue weighted by Gasteiger charge is 2.30. The van der Waals surface area contributed by atoms with Crippen LogP contribution in [0.5, 0.6) is 0 Å². The highest BCUT2D eigenvalue weighted by molar-refractivity contribution is 5.82. The first-order chi connectivity index (χ1) is 8.88. The van der Waals surface area contributed by atoms with Crippen LogP contribution in [-0.2, 0) is 12.7 Å². The maximum Gasteiger partial charge on any atom is 0.416 e. The Morgan fingerprint density at radius 2 is 1.95 bits per heavy atom. The second kappa shape index (κ2) is 4.89. The summed E-state index contributed by atoms with van der Waals surface area (Å²) in [5.74, 6) is 0. The van der Waals surface area contributed by atoms with Crippen LogP contribution in [0.1, 0.15) is 31.1 Å². The number of alkyl halides is 3. The van der Waals surface area contributed by atoms with E-state index in [0.29, 0.717) is 5.39 Å². The number of hydrogen-bond donors (Lipinski definition) is 1. The average molecular weight is 270 g/mol. The van der Waals surface area contributed by atoms with E-state index in [1.807, 2.05) is 31.5 Å². The Morgan fingerprint density at radius 1 is 1.26 bits per heavy atom. The van der Waals surface area contributed by atoms with Crippen molar-refractivity contribution in [1.82, 2.24) is 9.88 Å². The van der Waals surface area contributed by atoms with Gasteiger partial charge in [0.05, 0.1) is 5.56 Å². The SMILES string of the molecule is CCn1c(C(C)NC)cc2cc(C(F)(F)F)ccc21. The first-order valence-corrected chi connectivity index (χ1v) is 6.26. The molecule has 2 aromatic rings. The molecule has 0 saturated carbocycles. The van der Waals surface area contributed by atoms with Gasteiger partial charge in [0.1, 0.15) is 0 Å². The number of nitrogens with one attached hydrogen (secondary N) is 1. The van der Waals surface area contributed by atoms with Crippen LogP contribution < -0.4 is 5.32 Å². The number of halogens is 3. The van der Waals surface area contributed by atoms with Crippen LogP contribution in [0.15, 0.2) is 24.3 Å². The van der Waals surface area contributed by atoms with Gasteiger partial charge in [-0.3, -0.25) is 0 Å². The lowest BCUT2D eigenvalue weighted by Gasteiger charge is -2.14. The second-order valence-corrected chi connectivity index (χ2v) is 4.60. The molecule has 1 N–H and O–H groups in total. The van der Waals surface area contributed by atoms with E-state index in [4.69, 9.17) is 0 Å². The summed E-state index contributed by atoms with van der Waals surface area (Å²) in [7, 11) is 1.84. The lowest BCUT2D eigenvalue weighted by molar-refractivity contribution is -0.137. The monoisotopic (exact) mass is 270 g/mol. The van der Waals surface area contributed by atoms with E-state index in [2.05, 4.69) is 5.32 Å². The summed E-state index contributed by atoms with van der Waals surface area (Å²) < 4.78 is 40.2. The zero-order valence-corrected chi connectivity index (χ0v) is 11.2. The third-order valence-electron chi connectivity index (χ3n) is 3.45. The molecule has 0 aliphatic heterocycles. The van der Waals surface area contributed by atoms with Gasteiger partial charge in [-0.05, 0) is 45.2 Å². The first-order valence-electron chi connectivity index (χ1n) is 6.26. The van der Waals surface area contributed by atoms with Crippen LogP contribution in [0.2, 0.25) is 0 Å². The highest BCUT2D eigenvalue weighted by atomic mass is 19.4. The molecule has 0 radical (unpaired) electrons. The molecule has 104 valence electrons. The normalized spacial score (nSPS) is 14.0. The van der Waals surface area contributed by atoms with Crippen LogP contribution in [0.25, 0.3) is 10.9 Å². The topological polar surface area (TPSA) is 17.0 Å². The average Bonchev–Trinajstić information content (AvgIpc) is 2.74. The minimum atomic E-state index is -4.29. The summed E-state index contributed by atoms with van der Waals surface area (Å²) >= 11 is 0. The summed E-state index contributed by atoms with van der Waals surface area (Å²) in [6.07, 6.45) is -4.29. The molecular weight excluding hydrogens is 253 g/mol. The van der Waals surface area contributed by atoms with Gasteiger partial charge in [0.25, 0.3) is 0 Å². The summed E-state index contributed by atoms with van der Waals surface area (Å²) in [5, 5.41) is 3.75. The summed E-state index contributed by atoms with van der Waals surface area (Å²) in [6.45, 7) is 4.71. The fourth-order valence-corrected chi connectivity index (χ4v) is 2.33. The molecule has 0 spiro atoms. The minimum Gasteiger partial charge on any atom is -0.343 e. The van der Waals surface area contributed by atoms with Gasteiger partial charge in [0, 0.05) is 29.2 Å². The number of hydrogen-bond acceptors (Lipinski definition) is 1. The number of fused-ring (bicyclic) bond motifs is 1. The van der Waals surface area contributed by atoms with Crippen LogP contribution in [0, 0.1) is 0 Å². The minimum absolute atomic E-state index is 0.0988. The number of benzene rings is 1. The van der Waals surface area contributed by atoms with Gasteiger partial charge < -0.3 is 9.88 Å². The molecule has 0 aliphatic rings. The van der Waals surface area contributed by atoms with Crippen molar-refractivity contribution in [1.29, 1.82) is 0 Å². The smallest absolute Gasteiger partial charge is 0.343 e. The Hall–Kier alpha value is -1.49. The van der Waals surface area contributed by atoms with Crippen molar-refractivity contribution in [2.75, 3.05) is 7.05 Å². The van der Waals surface area contributed by atoms with Gasteiger partial charge in [0.15, 0.2) is 0 Å². The number of aromatic nitrogens is 1. The van der Waals surface area contributed by atoms with Gasteiger partial charge in [-0.15, -0.1) is 0 Å². The Bertz CT molecular complexity index is 584. The fraction of sp³-hybridized carbons (Fsp3) is 0.429. The van der Waals surface area contributed by atoms with E-state index in [9.17, 15) is 13.2 Å². The third-order valence-corrected chi connectivity index (χ3v) is 3.45. The molecule has 1 aromatic heterocycles. The summed E-state index contributed by atoms with van der Waals surface area (Å²) in [4.78, 5) is 0. The quantitative estimate of drug-likeness (QED) is 0.893. The maximum absolute atomic E-state index is 12.7. The third kappa shape index (κ3) is 2.47. The van der Waals surface area contributed by atoms with E-state index >= 15 is 0 Å². The molecule has 1 unspecified atom stereocenters. The number of nitrogens with zero attached hydrogens (tertiary/aromatic N) is 1. The molecular formula is C14H17F3N2.